The van der Waals surface area contributed by atoms with Crippen molar-refractivity contribution in [2.75, 3.05) is 23.0 Å². The number of thioether (sulfide) groups is 1. The Morgan fingerprint density at radius 1 is 1.48 bits per heavy atom. The third kappa shape index (κ3) is 2.41. The van der Waals surface area contributed by atoms with Crippen LogP contribution in [0.1, 0.15) is 25.3 Å². The van der Waals surface area contributed by atoms with Crippen molar-refractivity contribution in [2.24, 2.45) is 11.7 Å². The number of halogens is 2. The average Bonchev–Trinajstić information content (AvgIpc) is 2.74. The van der Waals surface area contributed by atoms with Gasteiger partial charge in [-0.1, -0.05) is 0 Å². The minimum absolute atomic E-state index is 0.0660. The van der Waals surface area contributed by atoms with Crippen LogP contribution in [0.4, 0.5) is 14.5 Å². The molecule has 4 nitrogen and oxygen atoms in total. The Balaban J connectivity index is 2.16. The molecular formula is C16H18F2N2O2S. The maximum atomic E-state index is 14.6. The van der Waals surface area contributed by atoms with Crippen LogP contribution in [0.3, 0.4) is 0 Å². The van der Waals surface area contributed by atoms with Gasteiger partial charge in [0.05, 0.1) is 11.1 Å². The Morgan fingerprint density at radius 2 is 2.22 bits per heavy atom. The van der Waals surface area contributed by atoms with Crippen molar-refractivity contribution in [1.29, 1.82) is 0 Å². The average molecular weight is 340 g/mol. The van der Waals surface area contributed by atoms with Crippen LogP contribution in [0.2, 0.25) is 0 Å². The van der Waals surface area contributed by atoms with Gasteiger partial charge in [0, 0.05) is 5.56 Å². The molecule has 2 aliphatic rings. The van der Waals surface area contributed by atoms with Gasteiger partial charge in [-0.3, -0.25) is 9.59 Å². The first-order valence-corrected chi connectivity index (χ1v) is 8.69. The fourth-order valence-electron chi connectivity index (χ4n) is 3.64. The highest BCUT2D eigenvalue weighted by Crippen LogP contribution is 2.50. The molecule has 2 heterocycles. The molecule has 1 saturated heterocycles. The highest BCUT2D eigenvalue weighted by molar-refractivity contribution is 7.99. The molecule has 0 aromatic heterocycles. The van der Waals surface area contributed by atoms with Gasteiger partial charge in [-0.25, -0.2) is 8.78 Å². The topological polar surface area (TPSA) is 63.4 Å². The van der Waals surface area contributed by atoms with Crippen LogP contribution in [-0.2, 0) is 15.0 Å². The number of hydrogen-bond donors (Lipinski definition) is 1. The molecule has 0 radical (unpaired) electrons. The number of carbonyl (C=O) groups is 2. The quantitative estimate of drug-likeness (QED) is 0.917. The monoisotopic (exact) mass is 340 g/mol. The molecule has 23 heavy (non-hydrogen) atoms. The summed E-state index contributed by atoms with van der Waals surface area (Å²) in [5, 5.41) is 0. The fraction of sp³-hybridized carbons (Fsp3) is 0.500. The third-order valence-corrected chi connectivity index (χ3v) is 6.08. The van der Waals surface area contributed by atoms with Crippen LogP contribution in [0.25, 0.3) is 0 Å². The number of hydrogen-bond acceptors (Lipinski definition) is 3. The lowest BCUT2D eigenvalue weighted by Crippen LogP contribution is -2.47. The lowest BCUT2D eigenvalue weighted by atomic mass is 9.71. The van der Waals surface area contributed by atoms with Gasteiger partial charge in [0.25, 0.3) is 0 Å². The van der Waals surface area contributed by atoms with Gasteiger partial charge in [0.2, 0.25) is 11.8 Å². The van der Waals surface area contributed by atoms with Crippen molar-refractivity contribution in [3.8, 4) is 0 Å². The number of benzene rings is 1. The minimum atomic E-state index is -1.16. The van der Waals surface area contributed by atoms with E-state index in [2.05, 4.69) is 0 Å². The van der Waals surface area contributed by atoms with E-state index >= 15 is 0 Å². The summed E-state index contributed by atoms with van der Waals surface area (Å²) in [5.74, 6) is -1.42. The van der Waals surface area contributed by atoms with Crippen LogP contribution in [0, 0.1) is 17.6 Å². The molecule has 3 rings (SSSR count). The van der Waals surface area contributed by atoms with Gasteiger partial charge in [0.15, 0.2) is 11.6 Å². The minimum Gasteiger partial charge on any atom is -0.368 e. The summed E-state index contributed by atoms with van der Waals surface area (Å²) in [4.78, 5) is 25.5. The van der Waals surface area contributed by atoms with Gasteiger partial charge in [-0.15, -0.1) is 0 Å². The zero-order valence-electron chi connectivity index (χ0n) is 12.8. The van der Waals surface area contributed by atoms with Crippen molar-refractivity contribution in [3.63, 3.8) is 0 Å². The molecule has 1 fully saturated rings. The first-order valence-electron chi connectivity index (χ1n) is 7.54. The molecule has 2 N–H and O–H groups in total. The van der Waals surface area contributed by atoms with Crippen LogP contribution >= 0.6 is 11.8 Å². The smallest absolute Gasteiger partial charge is 0.238 e. The third-order valence-electron chi connectivity index (χ3n) is 4.86. The van der Waals surface area contributed by atoms with E-state index in [1.165, 1.54) is 11.0 Å². The van der Waals surface area contributed by atoms with E-state index in [0.717, 1.165) is 24.7 Å². The van der Waals surface area contributed by atoms with E-state index in [4.69, 9.17) is 5.73 Å². The number of carbonyl (C=O) groups excluding carboxylic acids is 2. The Hall–Kier alpha value is -1.63. The van der Waals surface area contributed by atoms with E-state index in [-0.39, 0.29) is 29.6 Å². The van der Waals surface area contributed by atoms with E-state index < -0.39 is 23.0 Å². The van der Waals surface area contributed by atoms with Crippen molar-refractivity contribution in [3.05, 3.63) is 29.3 Å². The molecule has 7 heteroatoms. The molecule has 0 bridgehead atoms. The zero-order valence-corrected chi connectivity index (χ0v) is 13.6. The van der Waals surface area contributed by atoms with E-state index in [0.29, 0.717) is 5.75 Å². The normalized spacial score (nSPS) is 27.2. The standard InChI is InChI=1S/C16H18F2N2O2S/c1-16(9-3-2-6-23-8-9)13-11(5-4-10(17)14(13)18)20(15(16)22)7-12(19)21/h4-5,9H,2-3,6-8H2,1H3,(H2,19,21)/t9-,16-/m0/s1. The van der Waals surface area contributed by atoms with Gasteiger partial charge in [-0.05, 0) is 49.3 Å². The molecular weight excluding hydrogens is 322 g/mol. The number of nitrogens with two attached hydrogens (primary N) is 1. The molecule has 0 saturated carbocycles. The number of rotatable bonds is 3. The summed E-state index contributed by atoms with van der Waals surface area (Å²) < 4.78 is 28.4. The van der Waals surface area contributed by atoms with Crippen molar-refractivity contribution in [1.82, 2.24) is 0 Å². The number of amides is 2. The second-order valence-electron chi connectivity index (χ2n) is 6.23. The van der Waals surface area contributed by atoms with Gasteiger partial charge < -0.3 is 10.6 Å². The summed E-state index contributed by atoms with van der Waals surface area (Å²) in [6.07, 6.45) is 1.70. The molecule has 0 spiro atoms. The van der Waals surface area contributed by atoms with Crippen LogP contribution in [0.15, 0.2) is 12.1 Å². The Bertz CT molecular complexity index is 676. The van der Waals surface area contributed by atoms with Crippen LogP contribution in [-0.4, -0.2) is 29.9 Å². The number of nitrogens with zero attached hydrogens (tertiary/aromatic N) is 1. The highest BCUT2D eigenvalue weighted by atomic mass is 32.2. The molecule has 2 aliphatic heterocycles. The fourth-order valence-corrected chi connectivity index (χ4v) is 4.97. The first-order chi connectivity index (χ1) is 10.9. The lowest BCUT2D eigenvalue weighted by Gasteiger charge is -2.35. The molecule has 0 unspecified atom stereocenters. The van der Waals surface area contributed by atoms with Crippen molar-refractivity contribution >= 4 is 29.3 Å². The lowest BCUT2D eigenvalue weighted by molar-refractivity contribution is -0.126. The van der Waals surface area contributed by atoms with Gasteiger partial charge >= 0.3 is 0 Å². The van der Waals surface area contributed by atoms with Gasteiger partial charge in [-0.2, -0.15) is 11.8 Å². The second-order valence-corrected chi connectivity index (χ2v) is 7.38. The van der Waals surface area contributed by atoms with Crippen molar-refractivity contribution in [2.45, 2.75) is 25.2 Å². The summed E-state index contributed by atoms with van der Waals surface area (Å²) in [5.41, 5.74) is 4.38. The summed E-state index contributed by atoms with van der Waals surface area (Å²) in [7, 11) is 0. The number of fused-ring (bicyclic) bond motifs is 1. The maximum absolute atomic E-state index is 14.6. The molecule has 0 aliphatic carbocycles. The van der Waals surface area contributed by atoms with Crippen LogP contribution < -0.4 is 10.6 Å². The summed E-state index contributed by atoms with van der Waals surface area (Å²) in [6.45, 7) is 1.33. The number of anilines is 1. The Labute approximate surface area is 137 Å². The largest absolute Gasteiger partial charge is 0.368 e. The molecule has 2 amide bonds. The SMILES string of the molecule is C[C@@]1([C@H]2CCCSC2)C(=O)N(CC(N)=O)c2ccc(F)c(F)c21. The van der Waals surface area contributed by atoms with Gasteiger partial charge in [0.1, 0.15) is 6.54 Å². The number of primary amides is 1. The van der Waals surface area contributed by atoms with Crippen molar-refractivity contribution < 1.29 is 18.4 Å². The second kappa shape index (κ2) is 5.78. The summed E-state index contributed by atoms with van der Waals surface area (Å²) >= 11 is 1.71. The van der Waals surface area contributed by atoms with E-state index in [9.17, 15) is 18.4 Å². The maximum Gasteiger partial charge on any atom is 0.238 e. The highest BCUT2D eigenvalue weighted by Gasteiger charge is 2.54. The molecule has 1 aromatic carbocycles. The van der Waals surface area contributed by atoms with Crippen LogP contribution in [0.5, 0.6) is 0 Å². The van der Waals surface area contributed by atoms with E-state index in [1.807, 2.05) is 0 Å². The molecule has 2 atom stereocenters. The zero-order chi connectivity index (χ0) is 16.8. The first kappa shape index (κ1) is 16.2. The molecule has 1 aromatic rings. The predicted octanol–water partition coefficient (Wildman–Crippen LogP) is 2.20. The Morgan fingerprint density at radius 3 is 2.83 bits per heavy atom. The summed E-state index contributed by atoms with van der Waals surface area (Å²) in [6, 6.07) is 2.34. The van der Waals surface area contributed by atoms with E-state index in [1.54, 1.807) is 18.7 Å². The molecule has 124 valence electrons. The predicted molar refractivity (Wildman–Crippen MR) is 85.3 cm³/mol. The Kier molecular flexibility index (Phi) is 4.08.